The maximum Gasteiger partial charge on any atom is 0.124 e. The van der Waals surface area contributed by atoms with Gasteiger partial charge < -0.3 is 0 Å². The highest BCUT2D eigenvalue weighted by Crippen LogP contribution is 2.28. The number of nitrogens with zero attached hydrogens (tertiary/aromatic N) is 2. The van der Waals surface area contributed by atoms with Crippen LogP contribution in [0.4, 0.5) is 0 Å². The lowest BCUT2D eigenvalue weighted by Gasteiger charge is -1.94. The van der Waals surface area contributed by atoms with Crippen molar-refractivity contribution in [2.24, 2.45) is 0 Å². The van der Waals surface area contributed by atoms with Gasteiger partial charge in [-0.15, -0.1) is 11.3 Å². The van der Waals surface area contributed by atoms with Gasteiger partial charge >= 0.3 is 0 Å². The van der Waals surface area contributed by atoms with Gasteiger partial charge in [0.2, 0.25) is 0 Å². The Morgan fingerprint density at radius 3 is 3.17 bits per heavy atom. The number of nitriles is 1. The van der Waals surface area contributed by atoms with E-state index in [0.29, 0.717) is 5.56 Å². The summed E-state index contributed by atoms with van der Waals surface area (Å²) in [6.45, 7) is 0. The first-order chi connectivity index (χ1) is 5.83. The molecule has 58 valence electrons. The maximum absolute atomic E-state index is 8.70. The first-order valence-corrected chi connectivity index (χ1v) is 4.92. The van der Waals surface area contributed by atoms with Crippen LogP contribution in [0.25, 0.3) is 10.2 Å². The number of pyridine rings is 1. The highest BCUT2D eigenvalue weighted by Gasteiger charge is 2.05. The van der Waals surface area contributed by atoms with E-state index in [1.54, 1.807) is 17.5 Å². The van der Waals surface area contributed by atoms with E-state index in [9.17, 15) is 0 Å². The molecule has 0 amide bonds. The third kappa shape index (κ3) is 1.02. The fourth-order valence-corrected chi connectivity index (χ4v) is 2.36. The van der Waals surface area contributed by atoms with Crippen molar-refractivity contribution < 1.29 is 0 Å². The summed E-state index contributed by atoms with van der Waals surface area (Å²) < 4.78 is 0.844. The summed E-state index contributed by atoms with van der Waals surface area (Å²) in [5.74, 6) is 0. The summed E-state index contributed by atoms with van der Waals surface area (Å²) in [6, 6.07) is 4.03. The zero-order chi connectivity index (χ0) is 8.55. The Morgan fingerprint density at radius 1 is 1.58 bits per heavy atom. The second kappa shape index (κ2) is 2.85. The molecule has 2 aromatic heterocycles. The predicted octanol–water partition coefficient (Wildman–Crippen LogP) is 2.93. The molecule has 2 nitrogen and oxygen atoms in total. The molecule has 2 heterocycles. The van der Waals surface area contributed by atoms with Crippen LogP contribution in [0.15, 0.2) is 22.1 Å². The van der Waals surface area contributed by atoms with E-state index in [1.165, 1.54) is 0 Å². The molecule has 0 unspecified atom stereocenters. The molecule has 4 heteroatoms. The molecule has 2 rings (SSSR count). The molecule has 0 N–H and O–H groups in total. The molecule has 0 spiro atoms. The summed E-state index contributed by atoms with van der Waals surface area (Å²) in [5, 5.41) is 11.7. The zero-order valence-electron chi connectivity index (χ0n) is 5.91. The highest BCUT2D eigenvalue weighted by atomic mass is 79.9. The summed E-state index contributed by atoms with van der Waals surface area (Å²) in [4.78, 5) is 5.10. The van der Waals surface area contributed by atoms with Gasteiger partial charge in [0.1, 0.15) is 10.9 Å². The molecule has 2 aromatic rings. The van der Waals surface area contributed by atoms with E-state index >= 15 is 0 Å². The average Bonchev–Trinajstić information content (AvgIpc) is 2.53. The Kier molecular flexibility index (Phi) is 1.83. The lowest BCUT2D eigenvalue weighted by atomic mass is 10.2. The second-order valence-electron chi connectivity index (χ2n) is 2.24. The van der Waals surface area contributed by atoms with Gasteiger partial charge in [-0.05, 0) is 27.4 Å². The van der Waals surface area contributed by atoms with Crippen molar-refractivity contribution >= 4 is 37.5 Å². The van der Waals surface area contributed by atoms with E-state index in [2.05, 4.69) is 27.0 Å². The molecular weight excluding hydrogens is 236 g/mol. The van der Waals surface area contributed by atoms with Crippen molar-refractivity contribution in [2.75, 3.05) is 0 Å². The summed E-state index contributed by atoms with van der Waals surface area (Å²) >= 11 is 4.94. The highest BCUT2D eigenvalue weighted by molar-refractivity contribution is 9.10. The van der Waals surface area contributed by atoms with Crippen LogP contribution in [0.5, 0.6) is 0 Å². The molecule has 0 aliphatic rings. The minimum atomic E-state index is 0.584. The number of aromatic nitrogens is 1. The summed E-state index contributed by atoms with van der Waals surface area (Å²) in [6.07, 6.45) is 1.59. The van der Waals surface area contributed by atoms with Gasteiger partial charge in [0.15, 0.2) is 0 Å². The van der Waals surface area contributed by atoms with E-state index in [1.807, 2.05) is 11.4 Å². The van der Waals surface area contributed by atoms with Gasteiger partial charge in [-0.3, -0.25) is 0 Å². The largest absolute Gasteiger partial charge is 0.244 e. The molecule has 0 saturated carbocycles. The Morgan fingerprint density at radius 2 is 2.42 bits per heavy atom. The van der Waals surface area contributed by atoms with E-state index in [4.69, 9.17) is 5.26 Å². The topological polar surface area (TPSA) is 36.7 Å². The lowest BCUT2D eigenvalue weighted by molar-refractivity contribution is 1.38. The lowest BCUT2D eigenvalue weighted by Crippen LogP contribution is -1.80. The number of thiophene rings is 1. The Bertz CT molecular complexity index is 469. The van der Waals surface area contributed by atoms with Gasteiger partial charge in [0.25, 0.3) is 0 Å². The van der Waals surface area contributed by atoms with Gasteiger partial charge in [-0.25, -0.2) is 4.98 Å². The van der Waals surface area contributed by atoms with Crippen LogP contribution in [0.3, 0.4) is 0 Å². The molecule has 0 saturated heterocycles. The van der Waals surface area contributed by atoms with Crippen molar-refractivity contribution in [3.63, 3.8) is 0 Å². The number of rotatable bonds is 0. The monoisotopic (exact) mass is 238 g/mol. The van der Waals surface area contributed by atoms with Gasteiger partial charge in [0, 0.05) is 16.1 Å². The minimum Gasteiger partial charge on any atom is -0.244 e. The van der Waals surface area contributed by atoms with Crippen LogP contribution in [-0.2, 0) is 0 Å². The number of hydrogen-bond acceptors (Lipinski definition) is 3. The normalized spacial score (nSPS) is 10.0. The molecule has 0 aliphatic carbocycles. The predicted molar refractivity (Wildman–Crippen MR) is 52.0 cm³/mol. The number of hydrogen-bond donors (Lipinski definition) is 0. The molecule has 0 fully saturated rings. The molecule has 0 radical (unpaired) electrons. The Balaban J connectivity index is 2.89. The SMILES string of the molecule is N#Cc1cnc2sccc2c1Br. The minimum absolute atomic E-state index is 0.584. The fourth-order valence-electron chi connectivity index (χ4n) is 0.971. The number of fused-ring (bicyclic) bond motifs is 1. The van der Waals surface area contributed by atoms with Crippen LogP contribution in [0.1, 0.15) is 5.56 Å². The van der Waals surface area contributed by atoms with Crippen molar-refractivity contribution in [1.82, 2.24) is 4.98 Å². The number of halogens is 1. The molecule has 0 atom stereocenters. The van der Waals surface area contributed by atoms with Crippen molar-refractivity contribution in [1.29, 1.82) is 5.26 Å². The smallest absolute Gasteiger partial charge is 0.124 e. The summed E-state index contributed by atoms with van der Waals surface area (Å²) in [7, 11) is 0. The molecule has 0 aliphatic heterocycles. The van der Waals surface area contributed by atoms with Crippen LogP contribution in [-0.4, -0.2) is 4.98 Å². The van der Waals surface area contributed by atoms with Gasteiger partial charge in [-0.2, -0.15) is 5.26 Å². The standard InChI is InChI=1S/C8H3BrN2S/c9-7-5(3-10)4-11-8-6(7)1-2-12-8/h1-2,4H. The van der Waals surface area contributed by atoms with E-state index in [0.717, 1.165) is 14.7 Å². The van der Waals surface area contributed by atoms with Crippen molar-refractivity contribution in [2.45, 2.75) is 0 Å². The van der Waals surface area contributed by atoms with Gasteiger partial charge in [0.05, 0.1) is 5.56 Å². The van der Waals surface area contributed by atoms with Crippen molar-refractivity contribution in [3.8, 4) is 6.07 Å². The van der Waals surface area contributed by atoms with Crippen LogP contribution < -0.4 is 0 Å². The summed E-state index contributed by atoms with van der Waals surface area (Å²) in [5.41, 5.74) is 0.584. The first kappa shape index (κ1) is 7.71. The zero-order valence-corrected chi connectivity index (χ0v) is 8.32. The van der Waals surface area contributed by atoms with Crippen LogP contribution in [0.2, 0.25) is 0 Å². The van der Waals surface area contributed by atoms with Crippen molar-refractivity contribution in [3.05, 3.63) is 27.7 Å². The average molecular weight is 239 g/mol. The van der Waals surface area contributed by atoms with Crippen LogP contribution >= 0.6 is 27.3 Å². The quantitative estimate of drug-likeness (QED) is 0.708. The molecule has 0 aromatic carbocycles. The first-order valence-electron chi connectivity index (χ1n) is 3.24. The maximum atomic E-state index is 8.70. The molecule has 12 heavy (non-hydrogen) atoms. The second-order valence-corrected chi connectivity index (χ2v) is 3.92. The van der Waals surface area contributed by atoms with Crippen LogP contribution in [0, 0.1) is 11.3 Å². The third-order valence-electron chi connectivity index (χ3n) is 1.55. The molecular formula is C8H3BrN2S. The van der Waals surface area contributed by atoms with E-state index in [-0.39, 0.29) is 0 Å². The fraction of sp³-hybridized carbons (Fsp3) is 0. The molecule has 0 bridgehead atoms. The van der Waals surface area contributed by atoms with Gasteiger partial charge in [-0.1, -0.05) is 0 Å². The third-order valence-corrected chi connectivity index (χ3v) is 3.22. The Hall–Kier alpha value is -0.920. The Labute approximate surface area is 81.6 Å². The van der Waals surface area contributed by atoms with E-state index < -0.39 is 0 Å².